The second-order valence-corrected chi connectivity index (χ2v) is 7.81. The van der Waals surface area contributed by atoms with Crippen LogP contribution in [-0.2, 0) is 10.0 Å². The number of ether oxygens (including phenoxy) is 1. The van der Waals surface area contributed by atoms with Gasteiger partial charge in [-0.3, -0.25) is 4.72 Å². The maximum absolute atomic E-state index is 12.3. The quantitative estimate of drug-likeness (QED) is 0.808. The van der Waals surface area contributed by atoms with Crippen molar-refractivity contribution in [1.29, 1.82) is 0 Å². The summed E-state index contributed by atoms with van der Waals surface area (Å²) in [5, 5.41) is 9.12. The molecular weight excluding hydrogens is 384 g/mol. The van der Waals surface area contributed by atoms with E-state index in [2.05, 4.69) is 25.6 Å². The number of aromatic carboxylic acids is 1. The van der Waals surface area contributed by atoms with Crippen LogP contribution in [0.15, 0.2) is 33.1 Å². The first-order valence-electron chi connectivity index (χ1n) is 5.39. The SMILES string of the molecule is COc1ccc(C(=O)O)cc1S(=O)(=O)Nc1ncc(Br)s1. The largest absolute Gasteiger partial charge is 0.495 e. The molecule has 1 heterocycles. The molecule has 21 heavy (non-hydrogen) atoms. The minimum absolute atomic E-state index is 0.0446. The molecule has 0 atom stereocenters. The standard InChI is InChI=1S/C11H9BrN2O5S2/c1-19-7-3-2-6(10(15)16)4-8(7)21(17,18)14-11-13-5-9(12)20-11/h2-5H,1H3,(H,13,14)(H,15,16). The molecule has 0 bridgehead atoms. The van der Waals surface area contributed by atoms with E-state index < -0.39 is 16.0 Å². The summed E-state index contributed by atoms with van der Waals surface area (Å²) in [5.41, 5.74) is -0.156. The highest BCUT2D eigenvalue weighted by atomic mass is 79.9. The number of sulfonamides is 1. The first kappa shape index (κ1) is 15.7. The van der Waals surface area contributed by atoms with Crippen LogP contribution in [0.3, 0.4) is 0 Å². The summed E-state index contributed by atoms with van der Waals surface area (Å²) in [5.74, 6) is -1.19. The number of anilines is 1. The number of aromatic nitrogens is 1. The van der Waals surface area contributed by atoms with Crippen molar-refractivity contribution in [2.45, 2.75) is 4.90 Å². The minimum atomic E-state index is -4.01. The molecule has 0 saturated heterocycles. The third-order valence-electron chi connectivity index (χ3n) is 2.40. The Morgan fingerprint density at radius 3 is 2.71 bits per heavy atom. The average molecular weight is 393 g/mol. The fourth-order valence-electron chi connectivity index (χ4n) is 1.49. The van der Waals surface area contributed by atoms with Crippen LogP contribution in [0.5, 0.6) is 5.75 Å². The van der Waals surface area contributed by atoms with Crippen molar-refractivity contribution in [3.63, 3.8) is 0 Å². The van der Waals surface area contributed by atoms with Gasteiger partial charge in [-0.1, -0.05) is 11.3 Å². The summed E-state index contributed by atoms with van der Waals surface area (Å²) < 4.78 is 32.6. The van der Waals surface area contributed by atoms with E-state index in [0.717, 1.165) is 17.4 Å². The van der Waals surface area contributed by atoms with Crippen molar-refractivity contribution in [2.24, 2.45) is 0 Å². The maximum atomic E-state index is 12.3. The molecule has 112 valence electrons. The van der Waals surface area contributed by atoms with Crippen LogP contribution < -0.4 is 9.46 Å². The van der Waals surface area contributed by atoms with E-state index in [0.29, 0.717) is 3.79 Å². The van der Waals surface area contributed by atoms with Crippen molar-refractivity contribution >= 4 is 48.4 Å². The predicted molar refractivity (Wildman–Crippen MR) is 80.6 cm³/mol. The first-order chi connectivity index (χ1) is 9.83. The van der Waals surface area contributed by atoms with Crippen molar-refractivity contribution in [2.75, 3.05) is 11.8 Å². The Hall–Kier alpha value is -1.65. The number of benzene rings is 1. The zero-order valence-electron chi connectivity index (χ0n) is 10.5. The van der Waals surface area contributed by atoms with Crippen molar-refractivity contribution < 1.29 is 23.1 Å². The highest BCUT2D eigenvalue weighted by Gasteiger charge is 2.22. The molecule has 0 unspecified atom stereocenters. The third kappa shape index (κ3) is 3.52. The van der Waals surface area contributed by atoms with E-state index in [1.54, 1.807) is 0 Å². The molecular formula is C11H9BrN2O5S2. The van der Waals surface area contributed by atoms with E-state index in [1.807, 2.05) is 0 Å². The minimum Gasteiger partial charge on any atom is -0.495 e. The van der Waals surface area contributed by atoms with Gasteiger partial charge >= 0.3 is 5.97 Å². The zero-order chi connectivity index (χ0) is 15.6. The number of hydrogen-bond acceptors (Lipinski definition) is 6. The zero-order valence-corrected chi connectivity index (χ0v) is 13.8. The molecule has 0 aliphatic rings. The van der Waals surface area contributed by atoms with Crippen molar-refractivity contribution in [3.8, 4) is 5.75 Å². The van der Waals surface area contributed by atoms with Crippen LogP contribution >= 0.6 is 27.3 Å². The Labute approximate surface area is 132 Å². The summed E-state index contributed by atoms with van der Waals surface area (Å²) >= 11 is 4.26. The number of nitrogens with one attached hydrogen (secondary N) is 1. The molecule has 10 heteroatoms. The Bertz CT molecular complexity index is 788. The smallest absolute Gasteiger partial charge is 0.335 e. The van der Waals surface area contributed by atoms with Crippen LogP contribution in [0.2, 0.25) is 0 Å². The molecule has 0 aliphatic carbocycles. The number of nitrogens with zero attached hydrogens (tertiary/aromatic N) is 1. The number of carboxylic acids is 1. The number of methoxy groups -OCH3 is 1. The molecule has 2 N–H and O–H groups in total. The molecule has 0 spiro atoms. The molecule has 0 radical (unpaired) electrons. The average Bonchev–Trinajstić information content (AvgIpc) is 2.82. The summed E-state index contributed by atoms with van der Waals surface area (Å²) in [4.78, 5) is 14.6. The number of carbonyl (C=O) groups is 1. The Balaban J connectivity index is 2.47. The van der Waals surface area contributed by atoms with Gasteiger partial charge in [-0.2, -0.15) is 0 Å². The second-order valence-electron chi connectivity index (χ2n) is 3.75. The lowest BCUT2D eigenvalue weighted by atomic mass is 10.2. The Morgan fingerprint density at radius 1 is 1.48 bits per heavy atom. The Kier molecular flexibility index (Phi) is 4.49. The molecule has 0 aliphatic heterocycles. The summed E-state index contributed by atoms with van der Waals surface area (Å²) in [6.45, 7) is 0. The lowest BCUT2D eigenvalue weighted by Crippen LogP contribution is -2.15. The molecule has 1 aromatic carbocycles. The van der Waals surface area contributed by atoms with E-state index in [9.17, 15) is 13.2 Å². The van der Waals surface area contributed by atoms with E-state index >= 15 is 0 Å². The summed E-state index contributed by atoms with van der Waals surface area (Å²) in [6, 6.07) is 3.59. The van der Waals surface area contributed by atoms with Crippen LogP contribution in [0, 0.1) is 0 Å². The van der Waals surface area contributed by atoms with Gasteiger partial charge < -0.3 is 9.84 Å². The van der Waals surface area contributed by atoms with Gasteiger partial charge in [0, 0.05) is 0 Å². The van der Waals surface area contributed by atoms with E-state index in [4.69, 9.17) is 9.84 Å². The van der Waals surface area contributed by atoms with Gasteiger partial charge in [-0.05, 0) is 34.1 Å². The monoisotopic (exact) mass is 392 g/mol. The molecule has 7 nitrogen and oxygen atoms in total. The van der Waals surface area contributed by atoms with Crippen LogP contribution in [0.4, 0.5) is 5.13 Å². The molecule has 0 saturated carbocycles. The number of hydrogen-bond donors (Lipinski definition) is 2. The fraction of sp³-hybridized carbons (Fsp3) is 0.0909. The number of rotatable bonds is 5. The predicted octanol–water partition coefficient (Wildman–Crippen LogP) is 2.41. The molecule has 1 aromatic heterocycles. The second kappa shape index (κ2) is 6.00. The summed E-state index contributed by atoms with van der Waals surface area (Å²) in [7, 11) is -2.71. The molecule has 2 aromatic rings. The molecule has 0 amide bonds. The Morgan fingerprint density at radius 2 is 2.19 bits per heavy atom. The van der Waals surface area contributed by atoms with E-state index in [1.165, 1.54) is 25.4 Å². The first-order valence-corrected chi connectivity index (χ1v) is 8.48. The van der Waals surface area contributed by atoms with E-state index in [-0.39, 0.29) is 21.3 Å². The van der Waals surface area contributed by atoms with Gasteiger partial charge in [0.1, 0.15) is 10.6 Å². The van der Waals surface area contributed by atoms with Gasteiger partial charge in [-0.15, -0.1) is 0 Å². The van der Waals surface area contributed by atoms with Crippen LogP contribution in [0.25, 0.3) is 0 Å². The number of thiazole rings is 1. The lowest BCUT2D eigenvalue weighted by Gasteiger charge is -2.10. The number of halogens is 1. The van der Waals surface area contributed by atoms with Crippen LogP contribution in [0.1, 0.15) is 10.4 Å². The van der Waals surface area contributed by atoms with Gasteiger partial charge in [0.25, 0.3) is 10.0 Å². The third-order valence-corrected chi connectivity index (χ3v) is 5.28. The van der Waals surface area contributed by atoms with Gasteiger partial charge in [-0.25, -0.2) is 18.2 Å². The fourth-order valence-corrected chi connectivity index (χ4v) is 4.04. The topological polar surface area (TPSA) is 106 Å². The van der Waals surface area contributed by atoms with Gasteiger partial charge in [0.05, 0.1) is 22.7 Å². The maximum Gasteiger partial charge on any atom is 0.335 e. The number of carboxylic acid groups (broad SMARTS) is 1. The van der Waals surface area contributed by atoms with Gasteiger partial charge in [0.15, 0.2) is 5.13 Å². The lowest BCUT2D eigenvalue weighted by molar-refractivity contribution is 0.0696. The molecule has 0 fully saturated rings. The molecule has 2 rings (SSSR count). The normalized spacial score (nSPS) is 11.1. The van der Waals surface area contributed by atoms with Crippen molar-refractivity contribution in [1.82, 2.24) is 4.98 Å². The van der Waals surface area contributed by atoms with Gasteiger partial charge in [0.2, 0.25) is 0 Å². The highest BCUT2D eigenvalue weighted by molar-refractivity contribution is 9.11. The summed E-state index contributed by atoms with van der Waals surface area (Å²) in [6.07, 6.45) is 1.45. The van der Waals surface area contributed by atoms with Crippen molar-refractivity contribution in [3.05, 3.63) is 33.7 Å². The highest BCUT2D eigenvalue weighted by Crippen LogP contribution is 2.29. The van der Waals surface area contributed by atoms with Crippen LogP contribution in [-0.4, -0.2) is 31.6 Å².